The molecule has 2 atom stereocenters. The summed E-state index contributed by atoms with van der Waals surface area (Å²) >= 11 is 0. The van der Waals surface area contributed by atoms with Crippen LogP contribution in [-0.2, 0) is 9.59 Å². The van der Waals surface area contributed by atoms with Crippen molar-refractivity contribution in [1.29, 1.82) is 0 Å². The largest absolute Gasteiger partial charge is 0.395 e. The zero-order chi connectivity index (χ0) is 27.1. The number of carbonyl (C=O) groups excluding carboxylic acids is 3. The summed E-state index contributed by atoms with van der Waals surface area (Å²) in [7, 11) is 0. The van der Waals surface area contributed by atoms with E-state index in [4.69, 9.17) is 5.73 Å². The van der Waals surface area contributed by atoms with Crippen molar-refractivity contribution in [2.75, 3.05) is 34.8 Å². The summed E-state index contributed by atoms with van der Waals surface area (Å²) in [6.45, 7) is 0.227. The number of amides is 4. The van der Waals surface area contributed by atoms with Gasteiger partial charge in [0.05, 0.1) is 18.0 Å². The second-order valence-electron chi connectivity index (χ2n) is 12.1. The van der Waals surface area contributed by atoms with Crippen LogP contribution in [0.2, 0.25) is 0 Å². The first-order chi connectivity index (χ1) is 18.8. The molecule has 39 heavy (non-hydrogen) atoms. The van der Waals surface area contributed by atoms with Gasteiger partial charge in [-0.15, -0.1) is 0 Å². The fourth-order valence-corrected chi connectivity index (χ4v) is 7.98. The summed E-state index contributed by atoms with van der Waals surface area (Å²) in [6, 6.07) is 13.5. The third-order valence-electron chi connectivity index (χ3n) is 9.11. The molecule has 2 aromatic carbocycles. The lowest BCUT2D eigenvalue weighted by molar-refractivity contribution is -0.129. The molecule has 5 aliphatic rings. The van der Waals surface area contributed by atoms with Crippen molar-refractivity contribution in [3.63, 3.8) is 0 Å². The number of anilines is 3. The first kappa shape index (κ1) is 25.8. The third kappa shape index (κ3) is 5.01. The topological polar surface area (TPSA) is 128 Å². The maximum Gasteiger partial charge on any atom is 0.320 e. The van der Waals surface area contributed by atoms with Gasteiger partial charge in [-0.1, -0.05) is 30.3 Å². The number of aliphatic hydroxyl groups is 1. The molecular formula is C30H37N5O4. The number of hydrogen-bond acceptors (Lipinski definition) is 5. The summed E-state index contributed by atoms with van der Waals surface area (Å²) in [5.41, 5.74) is 7.87. The zero-order valence-corrected chi connectivity index (χ0v) is 22.1. The molecule has 7 rings (SSSR count). The van der Waals surface area contributed by atoms with Crippen molar-refractivity contribution in [3.05, 3.63) is 54.6 Å². The van der Waals surface area contributed by atoms with Gasteiger partial charge in [0.15, 0.2) is 6.04 Å². The second-order valence-corrected chi connectivity index (χ2v) is 12.1. The number of urea groups is 1. The number of fused-ring (bicyclic) bond motifs is 1. The van der Waals surface area contributed by atoms with Gasteiger partial charge in [0.2, 0.25) is 0 Å². The number of nitrogens with zero attached hydrogens (tertiary/aromatic N) is 2. The standard InChI is InChI=1S/C30H37N5O4/c31-22(17-36)16-34-24-8-4-5-9-25(24)35(18-30-13-19-10-20(14-30)12-21(11-19)15-30)28(38)26(27(34)37)33-29(39)32-23-6-2-1-3-7-23/h1-9,19-22,26,36H,10-18,31H2,(H2,32,33,39)/t19?,20?,21?,22-,26?,30?/m0/s1. The molecule has 5 N–H and O–H groups in total. The Kier molecular flexibility index (Phi) is 6.81. The van der Waals surface area contributed by atoms with Crippen molar-refractivity contribution in [2.24, 2.45) is 28.9 Å². The summed E-state index contributed by atoms with van der Waals surface area (Å²) in [4.78, 5) is 44.5. The van der Waals surface area contributed by atoms with Gasteiger partial charge in [-0.25, -0.2) is 4.79 Å². The number of nitrogens with two attached hydrogens (primary N) is 1. The zero-order valence-electron chi connectivity index (χ0n) is 22.1. The molecule has 0 aromatic heterocycles. The minimum atomic E-state index is -1.43. The van der Waals surface area contributed by atoms with E-state index in [1.165, 1.54) is 24.2 Å². The Bertz CT molecular complexity index is 1220. The summed E-state index contributed by atoms with van der Waals surface area (Å²) in [5, 5.41) is 15.1. The smallest absolute Gasteiger partial charge is 0.320 e. The van der Waals surface area contributed by atoms with Crippen LogP contribution in [0.5, 0.6) is 0 Å². The molecular weight excluding hydrogens is 494 g/mol. The van der Waals surface area contributed by atoms with Crippen molar-refractivity contribution in [2.45, 2.75) is 50.6 Å². The van der Waals surface area contributed by atoms with E-state index in [0.717, 1.165) is 19.3 Å². The molecule has 0 saturated heterocycles. The molecule has 9 nitrogen and oxygen atoms in total. The number of carbonyl (C=O) groups is 3. The molecule has 1 heterocycles. The van der Waals surface area contributed by atoms with Gasteiger partial charge in [-0.05, 0) is 86.0 Å². The van der Waals surface area contributed by atoms with Crippen LogP contribution in [0.1, 0.15) is 38.5 Å². The molecule has 0 spiro atoms. The van der Waals surface area contributed by atoms with Gasteiger partial charge in [-0.3, -0.25) is 9.59 Å². The summed E-state index contributed by atoms with van der Waals surface area (Å²) < 4.78 is 0. The molecule has 4 fully saturated rings. The molecule has 4 aliphatic carbocycles. The number of aliphatic hydroxyl groups excluding tert-OH is 1. The Hall–Kier alpha value is -3.43. The van der Waals surface area contributed by atoms with Crippen LogP contribution in [0.15, 0.2) is 54.6 Å². The fourth-order valence-electron chi connectivity index (χ4n) is 7.98. The molecule has 206 valence electrons. The Labute approximate surface area is 228 Å². The van der Waals surface area contributed by atoms with Gasteiger partial charge in [-0.2, -0.15) is 0 Å². The van der Waals surface area contributed by atoms with Crippen LogP contribution in [0, 0.1) is 23.2 Å². The molecule has 9 heteroatoms. The number of rotatable bonds is 7. The van der Waals surface area contributed by atoms with Crippen molar-refractivity contribution < 1.29 is 19.5 Å². The van der Waals surface area contributed by atoms with Gasteiger partial charge in [0.1, 0.15) is 0 Å². The first-order valence-corrected chi connectivity index (χ1v) is 14.0. The van der Waals surface area contributed by atoms with Crippen LogP contribution < -0.4 is 26.2 Å². The number of benzene rings is 2. The van der Waals surface area contributed by atoms with Crippen molar-refractivity contribution in [3.8, 4) is 0 Å². The van der Waals surface area contributed by atoms with Gasteiger partial charge < -0.3 is 31.3 Å². The van der Waals surface area contributed by atoms with Crippen LogP contribution in [0.25, 0.3) is 0 Å². The van der Waals surface area contributed by atoms with Crippen LogP contribution in [-0.4, -0.2) is 54.7 Å². The van der Waals surface area contributed by atoms with Crippen LogP contribution >= 0.6 is 0 Å². The second kappa shape index (κ2) is 10.3. The highest BCUT2D eigenvalue weighted by atomic mass is 16.3. The van der Waals surface area contributed by atoms with E-state index in [9.17, 15) is 19.5 Å². The molecule has 1 unspecified atom stereocenters. The average Bonchev–Trinajstić information content (AvgIpc) is 2.99. The lowest BCUT2D eigenvalue weighted by Gasteiger charge is -2.57. The van der Waals surface area contributed by atoms with E-state index in [1.54, 1.807) is 29.2 Å². The Morgan fingerprint density at radius 3 is 2.03 bits per heavy atom. The maximum atomic E-state index is 14.3. The Morgan fingerprint density at radius 2 is 1.44 bits per heavy atom. The summed E-state index contributed by atoms with van der Waals surface area (Å²) in [5.74, 6) is 1.12. The number of nitrogens with one attached hydrogen (secondary N) is 2. The maximum absolute atomic E-state index is 14.3. The van der Waals surface area contributed by atoms with E-state index in [-0.39, 0.29) is 18.6 Å². The van der Waals surface area contributed by atoms with Gasteiger partial charge in [0.25, 0.3) is 11.8 Å². The third-order valence-corrected chi connectivity index (χ3v) is 9.11. The lowest BCUT2D eigenvalue weighted by atomic mass is 9.49. The minimum Gasteiger partial charge on any atom is -0.395 e. The molecule has 0 radical (unpaired) electrons. The molecule has 4 amide bonds. The van der Waals surface area contributed by atoms with Gasteiger partial charge in [0, 0.05) is 24.8 Å². The van der Waals surface area contributed by atoms with Crippen molar-refractivity contribution >= 4 is 34.9 Å². The number of hydrogen-bond donors (Lipinski definition) is 4. The Morgan fingerprint density at radius 1 is 0.897 bits per heavy atom. The van der Waals surface area contributed by atoms with Gasteiger partial charge >= 0.3 is 6.03 Å². The normalized spacial score (nSPS) is 30.1. The highest BCUT2D eigenvalue weighted by Gasteiger charge is 2.53. The van der Waals surface area contributed by atoms with E-state index in [0.29, 0.717) is 41.4 Å². The molecule has 1 aliphatic heterocycles. The predicted octanol–water partition coefficient (Wildman–Crippen LogP) is 3.09. The van der Waals surface area contributed by atoms with E-state index >= 15 is 0 Å². The van der Waals surface area contributed by atoms with E-state index in [2.05, 4.69) is 10.6 Å². The quantitative estimate of drug-likeness (QED) is 0.408. The monoisotopic (exact) mass is 531 g/mol. The average molecular weight is 532 g/mol. The highest BCUT2D eigenvalue weighted by molar-refractivity contribution is 6.21. The Balaban J connectivity index is 1.35. The van der Waals surface area contributed by atoms with Crippen LogP contribution in [0.3, 0.4) is 0 Å². The first-order valence-electron chi connectivity index (χ1n) is 14.0. The predicted molar refractivity (Wildman–Crippen MR) is 149 cm³/mol. The molecule has 2 aromatic rings. The molecule has 4 saturated carbocycles. The lowest BCUT2D eigenvalue weighted by Crippen LogP contribution is -2.59. The van der Waals surface area contributed by atoms with Crippen LogP contribution in [0.4, 0.5) is 21.9 Å². The fraction of sp³-hybridized carbons (Fsp3) is 0.500. The van der Waals surface area contributed by atoms with Crippen molar-refractivity contribution in [1.82, 2.24) is 5.32 Å². The summed E-state index contributed by atoms with van der Waals surface area (Å²) in [6.07, 6.45) is 7.18. The number of para-hydroxylation sites is 3. The van der Waals surface area contributed by atoms with E-state index < -0.39 is 29.9 Å². The minimum absolute atomic E-state index is 0.0172. The molecule has 4 bridgehead atoms. The SMILES string of the molecule is N[C@H](CO)CN1C(=O)C(NC(=O)Nc2ccccc2)C(=O)N(CC23CC4CC(CC(C4)C2)C3)c2ccccc21. The highest BCUT2D eigenvalue weighted by Crippen LogP contribution is 2.60. The van der Waals surface area contributed by atoms with E-state index in [1.807, 2.05) is 30.3 Å².